The summed E-state index contributed by atoms with van der Waals surface area (Å²) in [6, 6.07) is 9.92. The number of aromatic nitrogens is 1. The second kappa shape index (κ2) is 9.53. The van der Waals surface area contributed by atoms with E-state index >= 15 is 0 Å². The van der Waals surface area contributed by atoms with Crippen LogP contribution in [-0.4, -0.2) is 60.5 Å². The number of piperazine rings is 1. The Morgan fingerprint density at radius 1 is 1.19 bits per heavy atom. The molecular formula is C26H25F2N4O3S+. The minimum absolute atomic E-state index is 0.104. The molecular weight excluding hydrogens is 486 g/mol. The molecule has 0 saturated carbocycles. The standard InChI is InChI=1S/C26H24F2N4O3S/c1-15-31-22(24(36-15)16-3-5-18(27)6-4-16)26(34)32(2)9-8-29-20(14-32)13-30-25(33)21-12-19(28)11-17-7-10-35-23(17)21/h3-7,10-12,20,29H,8-9,13-14H2,1-2H3/p+1/t20?,32-/m0/s1. The molecule has 2 atom stereocenters. The lowest BCUT2D eigenvalue weighted by molar-refractivity contribution is -0.833. The molecule has 0 aliphatic carbocycles. The molecule has 186 valence electrons. The topological polar surface area (TPSA) is 84.2 Å². The van der Waals surface area contributed by atoms with Gasteiger partial charge < -0.3 is 15.1 Å². The molecule has 1 aliphatic heterocycles. The smallest absolute Gasteiger partial charge is 0.365 e. The quantitative estimate of drug-likeness (QED) is 0.394. The van der Waals surface area contributed by atoms with Gasteiger partial charge >= 0.3 is 5.91 Å². The van der Waals surface area contributed by atoms with E-state index in [1.54, 1.807) is 18.2 Å². The van der Waals surface area contributed by atoms with Crippen molar-refractivity contribution in [3.05, 3.63) is 76.6 Å². The van der Waals surface area contributed by atoms with Gasteiger partial charge in [0.2, 0.25) is 0 Å². The number of furan rings is 1. The Morgan fingerprint density at radius 2 is 1.97 bits per heavy atom. The molecule has 2 aromatic heterocycles. The maximum atomic E-state index is 14.0. The number of amides is 2. The first-order chi connectivity index (χ1) is 17.2. The Balaban J connectivity index is 1.31. The maximum Gasteiger partial charge on any atom is 0.365 e. The van der Waals surface area contributed by atoms with Crippen LogP contribution in [0.25, 0.3) is 21.4 Å². The summed E-state index contributed by atoms with van der Waals surface area (Å²) in [6.07, 6.45) is 1.42. The SMILES string of the molecule is Cc1nc(C(=O)[N@@+]2(C)CCNC(CNC(=O)c3cc(F)cc4ccoc34)C2)c(-c2ccc(F)cc2)s1. The molecule has 1 aliphatic rings. The van der Waals surface area contributed by atoms with E-state index in [2.05, 4.69) is 15.6 Å². The Labute approximate surface area is 210 Å². The zero-order valence-corrected chi connectivity index (χ0v) is 20.6. The summed E-state index contributed by atoms with van der Waals surface area (Å²) in [6.45, 7) is 3.64. The minimum atomic E-state index is -0.518. The predicted octanol–water partition coefficient (Wildman–Crippen LogP) is 4.13. The molecule has 5 rings (SSSR count). The van der Waals surface area contributed by atoms with Gasteiger partial charge in [-0.25, -0.2) is 18.6 Å². The lowest BCUT2D eigenvalue weighted by Crippen LogP contribution is -2.65. The van der Waals surface area contributed by atoms with Gasteiger partial charge in [0.05, 0.1) is 41.3 Å². The van der Waals surface area contributed by atoms with E-state index in [0.717, 1.165) is 16.6 Å². The van der Waals surface area contributed by atoms with E-state index in [0.29, 0.717) is 41.2 Å². The number of aryl methyl sites for hydroxylation is 1. The number of nitrogens with zero attached hydrogens (tertiary/aromatic N) is 2. The Bertz CT molecular complexity index is 1450. The third-order valence-electron chi connectivity index (χ3n) is 6.46. The van der Waals surface area contributed by atoms with Crippen LogP contribution in [0.1, 0.15) is 25.9 Å². The number of hydrogen-bond donors (Lipinski definition) is 2. The van der Waals surface area contributed by atoms with Crippen molar-refractivity contribution in [1.29, 1.82) is 0 Å². The number of fused-ring (bicyclic) bond motifs is 1. The molecule has 2 amide bonds. The summed E-state index contributed by atoms with van der Waals surface area (Å²) in [5.74, 6) is -1.44. The van der Waals surface area contributed by atoms with E-state index in [4.69, 9.17) is 4.42 Å². The highest BCUT2D eigenvalue weighted by molar-refractivity contribution is 7.15. The monoisotopic (exact) mass is 511 g/mol. The zero-order valence-electron chi connectivity index (χ0n) is 19.8. The van der Waals surface area contributed by atoms with E-state index in [9.17, 15) is 18.4 Å². The number of thiazole rings is 1. The predicted molar refractivity (Wildman–Crippen MR) is 133 cm³/mol. The number of quaternary nitrogens is 1. The summed E-state index contributed by atoms with van der Waals surface area (Å²) in [7, 11) is 1.86. The van der Waals surface area contributed by atoms with Gasteiger partial charge in [-0.1, -0.05) is 12.1 Å². The lowest BCUT2D eigenvalue weighted by Gasteiger charge is -2.39. The molecule has 3 heterocycles. The molecule has 2 aromatic carbocycles. The fourth-order valence-electron chi connectivity index (χ4n) is 4.63. The molecule has 2 N–H and O–H groups in total. The summed E-state index contributed by atoms with van der Waals surface area (Å²) >= 11 is 1.40. The van der Waals surface area contributed by atoms with Crippen molar-refractivity contribution >= 4 is 34.1 Å². The van der Waals surface area contributed by atoms with Crippen LogP contribution in [-0.2, 0) is 0 Å². The van der Waals surface area contributed by atoms with Crippen LogP contribution in [0.15, 0.2) is 53.1 Å². The molecule has 36 heavy (non-hydrogen) atoms. The van der Waals surface area contributed by atoms with Crippen molar-refractivity contribution in [2.45, 2.75) is 13.0 Å². The second-order valence-electron chi connectivity index (χ2n) is 9.18. The van der Waals surface area contributed by atoms with E-state index < -0.39 is 11.7 Å². The van der Waals surface area contributed by atoms with Crippen molar-refractivity contribution in [3.8, 4) is 10.4 Å². The molecule has 4 aromatic rings. The van der Waals surface area contributed by atoms with Crippen LogP contribution in [0, 0.1) is 18.6 Å². The number of rotatable bonds is 5. The Hall–Kier alpha value is -3.47. The van der Waals surface area contributed by atoms with Crippen LogP contribution < -0.4 is 10.6 Å². The number of hydrogen-bond acceptors (Lipinski definition) is 6. The Morgan fingerprint density at radius 3 is 2.75 bits per heavy atom. The van der Waals surface area contributed by atoms with Crippen molar-refractivity contribution in [3.63, 3.8) is 0 Å². The summed E-state index contributed by atoms with van der Waals surface area (Å²) in [4.78, 5) is 31.8. The van der Waals surface area contributed by atoms with Gasteiger partial charge in [-0.3, -0.25) is 9.28 Å². The number of nitrogens with one attached hydrogen (secondary N) is 2. The number of halogens is 2. The highest BCUT2D eigenvalue weighted by atomic mass is 32.1. The average molecular weight is 512 g/mol. The first-order valence-corrected chi connectivity index (χ1v) is 12.4. The third kappa shape index (κ3) is 4.67. The van der Waals surface area contributed by atoms with Crippen LogP contribution in [0.3, 0.4) is 0 Å². The van der Waals surface area contributed by atoms with Gasteiger partial charge in [-0.2, -0.15) is 0 Å². The van der Waals surface area contributed by atoms with Crippen molar-refractivity contribution in [2.75, 3.05) is 33.2 Å². The summed E-state index contributed by atoms with van der Waals surface area (Å²) in [5.41, 5.74) is 1.57. The normalized spacial score (nSPS) is 19.9. The van der Waals surface area contributed by atoms with Gasteiger partial charge in [-0.05, 0) is 42.8 Å². The van der Waals surface area contributed by atoms with Gasteiger partial charge in [0.1, 0.15) is 23.8 Å². The van der Waals surface area contributed by atoms with Crippen LogP contribution in [0.4, 0.5) is 8.78 Å². The fourth-order valence-corrected chi connectivity index (χ4v) is 5.54. The largest absolute Gasteiger partial charge is 0.464 e. The number of likely N-dealkylation sites (N-methyl/N-ethyl adjacent to an activating group) is 1. The van der Waals surface area contributed by atoms with Crippen LogP contribution >= 0.6 is 11.3 Å². The summed E-state index contributed by atoms with van der Waals surface area (Å²) in [5, 5.41) is 7.46. The van der Waals surface area contributed by atoms with Gasteiger partial charge in [-0.15, -0.1) is 11.3 Å². The molecule has 7 nitrogen and oxygen atoms in total. The molecule has 1 fully saturated rings. The van der Waals surface area contributed by atoms with E-state index in [1.807, 2.05) is 14.0 Å². The summed E-state index contributed by atoms with van der Waals surface area (Å²) < 4.78 is 32.9. The highest BCUT2D eigenvalue weighted by Gasteiger charge is 2.41. The first kappa shape index (κ1) is 24.2. The fraction of sp³-hybridized carbons (Fsp3) is 0.269. The number of carbonyl (C=O) groups excluding carboxylic acids is 2. The van der Waals surface area contributed by atoms with Crippen molar-refractivity contribution in [2.24, 2.45) is 0 Å². The number of carbonyl (C=O) groups is 2. The van der Waals surface area contributed by atoms with Gasteiger partial charge in [0.15, 0.2) is 5.69 Å². The lowest BCUT2D eigenvalue weighted by atomic mass is 10.1. The van der Waals surface area contributed by atoms with Gasteiger partial charge in [0.25, 0.3) is 5.91 Å². The van der Waals surface area contributed by atoms with Crippen LogP contribution in [0.2, 0.25) is 0 Å². The van der Waals surface area contributed by atoms with Crippen molar-refractivity contribution < 1.29 is 27.3 Å². The molecule has 0 radical (unpaired) electrons. The second-order valence-corrected chi connectivity index (χ2v) is 10.4. The molecule has 0 spiro atoms. The van der Waals surface area contributed by atoms with Crippen LogP contribution in [0.5, 0.6) is 0 Å². The molecule has 1 unspecified atom stereocenters. The Kier molecular flexibility index (Phi) is 6.42. The average Bonchev–Trinajstić information content (AvgIpc) is 3.48. The molecule has 0 bridgehead atoms. The zero-order chi connectivity index (χ0) is 25.4. The minimum Gasteiger partial charge on any atom is -0.464 e. The first-order valence-electron chi connectivity index (χ1n) is 11.5. The molecule has 1 saturated heterocycles. The molecule has 10 heteroatoms. The highest BCUT2D eigenvalue weighted by Crippen LogP contribution is 2.32. The van der Waals surface area contributed by atoms with Gasteiger partial charge in [0, 0.05) is 18.5 Å². The van der Waals surface area contributed by atoms with Crippen molar-refractivity contribution in [1.82, 2.24) is 15.6 Å². The van der Waals surface area contributed by atoms with E-state index in [-0.39, 0.29) is 34.4 Å². The van der Waals surface area contributed by atoms with E-state index in [1.165, 1.54) is 35.8 Å². The third-order valence-corrected chi connectivity index (χ3v) is 7.48. The maximum absolute atomic E-state index is 14.0. The number of benzene rings is 2.